The maximum atomic E-state index is 12.5. The lowest BCUT2D eigenvalue weighted by Gasteiger charge is -2.09. The smallest absolute Gasteiger partial charge is 0.264 e. The van der Waals surface area contributed by atoms with Crippen molar-refractivity contribution in [2.45, 2.75) is 30.2 Å². The highest BCUT2D eigenvalue weighted by molar-refractivity contribution is 7.99. The van der Waals surface area contributed by atoms with Crippen LogP contribution < -0.4 is 10.9 Å². The highest BCUT2D eigenvalue weighted by atomic mass is 32.2. The van der Waals surface area contributed by atoms with Gasteiger partial charge in [-0.2, -0.15) is 5.10 Å². The first-order chi connectivity index (χ1) is 14.4. The normalized spacial score (nSPS) is 11.0. The molecule has 0 unspecified atom stereocenters. The second-order valence-corrected chi connectivity index (χ2v) is 8.25. The molecule has 152 valence electrons. The quantitative estimate of drug-likeness (QED) is 0.535. The Hall–Kier alpha value is -3.39. The molecule has 30 heavy (non-hydrogen) atoms. The number of hydrogen-bond acceptors (Lipinski definition) is 5. The Morgan fingerprint density at radius 3 is 2.53 bits per heavy atom. The highest BCUT2D eigenvalue weighted by Gasteiger charge is 2.11. The Balaban J connectivity index is 1.42. The van der Waals surface area contributed by atoms with E-state index in [9.17, 15) is 9.59 Å². The number of amides is 1. The minimum Gasteiger partial charge on any atom is -0.325 e. The number of nitrogens with zero attached hydrogens (tertiary/aromatic N) is 4. The molecule has 0 spiro atoms. The van der Waals surface area contributed by atoms with Crippen molar-refractivity contribution in [3.8, 4) is 0 Å². The molecule has 2 aromatic carbocycles. The van der Waals surface area contributed by atoms with E-state index in [2.05, 4.69) is 47.4 Å². The fourth-order valence-corrected chi connectivity index (χ4v) is 3.97. The van der Waals surface area contributed by atoms with E-state index < -0.39 is 0 Å². The zero-order chi connectivity index (χ0) is 21.3. The van der Waals surface area contributed by atoms with E-state index in [0.717, 1.165) is 4.90 Å². The number of rotatable bonds is 5. The van der Waals surface area contributed by atoms with Crippen LogP contribution in [0.2, 0.25) is 0 Å². The Bertz CT molecular complexity index is 1290. The van der Waals surface area contributed by atoms with Gasteiger partial charge in [-0.15, -0.1) is 0 Å². The lowest BCUT2D eigenvalue weighted by Crippen LogP contribution is -2.27. The van der Waals surface area contributed by atoms with Crippen molar-refractivity contribution >= 4 is 34.4 Å². The Labute approximate surface area is 177 Å². The van der Waals surface area contributed by atoms with Gasteiger partial charge >= 0.3 is 0 Å². The third-order valence-corrected chi connectivity index (χ3v) is 5.88. The molecule has 0 aliphatic rings. The first-order valence-corrected chi connectivity index (χ1v) is 10.2. The van der Waals surface area contributed by atoms with Crippen LogP contribution in [0.5, 0.6) is 0 Å². The van der Waals surface area contributed by atoms with Crippen LogP contribution in [0, 0.1) is 13.8 Å². The highest BCUT2D eigenvalue weighted by Crippen LogP contribution is 2.29. The zero-order valence-electron chi connectivity index (χ0n) is 16.9. The summed E-state index contributed by atoms with van der Waals surface area (Å²) in [6.07, 6.45) is 2.83. The van der Waals surface area contributed by atoms with Gasteiger partial charge in [0.25, 0.3) is 5.56 Å². The van der Waals surface area contributed by atoms with Crippen LogP contribution in [0.4, 0.5) is 5.69 Å². The summed E-state index contributed by atoms with van der Waals surface area (Å²) in [6.45, 7) is 4.08. The number of anilines is 1. The van der Waals surface area contributed by atoms with Crippen LogP contribution >= 0.6 is 11.8 Å². The summed E-state index contributed by atoms with van der Waals surface area (Å²) >= 11 is 1.67. The minimum atomic E-state index is -0.295. The van der Waals surface area contributed by atoms with Crippen molar-refractivity contribution in [3.63, 3.8) is 0 Å². The summed E-state index contributed by atoms with van der Waals surface area (Å²) in [6, 6.07) is 14.0. The molecule has 7 nitrogen and oxygen atoms in total. The van der Waals surface area contributed by atoms with Crippen molar-refractivity contribution in [2.75, 3.05) is 5.32 Å². The van der Waals surface area contributed by atoms with Gasteiger partial charge in [0, 0.05) is 22.5 Å². The molecule has 4 aromatic rings. The van der Waals surface area contributed by atoms with Gasteiger partial charge in [0.15, 0.2) is 5.65 Å². The molecule has 2 aromatic heterocycles. The standard InChI is InChI=1S/C22H21N5O2S/c1-14-4-7-18(10-15(14)2)30-17-8-5-16(6-9-17)25-20(28)12-27-13-23-21-19(22(27)29)11-24-26(21)3/h4-11,13H,12H2,1-3H3,(H,25,28). The van der Waals surface area contributed by atoms with Crippen LogP contribution in [0.15, 0.2) is 69.6 Å². The fourth-order valence-electron chi connectivity index (χ4n) is 3.05. The molecular formula is C22H21N5O2S. The molecule has 2 heterocycles. The summed E-state index contributed by atoms with van der Waals surface area (Å²) < 4.78 is 2.81. The van der Waals surface area contributed by atoms with Crippen LogP contribution in [0.1, 0.15) is 11.1 Å². The van der Waals surface area contributed by atoms with E-state index >= 15 is 0 Å². The summed E-state index contributed by atoms with van der Waals surface area (Å²) in [5.41, 5.74) is 3.41. The number of nitrogens with one attached hydrogen (secondary N) is 1. The maximum Gasteiger partial charge on any atom is 0.264 e. The number of hydrogen-bond donors (Lipinski definition) is 1. The van der Waals surface area contributed by atoms with Gasteiger partial charge in [-0.25, -0.2) is 4.98 Å². The van der Waals surface area contributed by atoms with Gasteiger partial charge in [0.2, 0.25) is 5.91 Å². The van der Waals surface area contributed by atoms with Crippen molar-refractivity contribution in [2.24, 2.45) is 7.05 Å². The lowest BCUT2D eigenvalue weighted by atomic mass is 10.1. The first-order valence-electron chi connectivity index (χ1n) is 9.43. The van der Waals surface area contributed by atoms with Crippen molar-refractivity contribution < 1.29 is 4.79 Å². The second-order valence-electron chi connectivity index (χ2n) is 7.10. The molecule has 0 bridgehead atoms. The summed E-state index contributed by atoms with van der Waals surface area (Å²) in [5, 5.41) is 7.24. The van der Waals surface area contributed by atoms with E-state index in [1.807, 2.05) is 24.3 Å². The average Bonchev–Trinajstić information content (AvgIpc) is 3.10. The lowest BCUT2D eigenvalue weighted by molar-refractivity contribution is -0.116. The predicted molar refractivity (Wildman–Crippen MR) is 118 cm³/mol. The molecule has 0 saturated heterocycles. The fraction of sp³-hybridized carbons (Fsp3) is 0.182. The summed E-state index contributed by atoms with van der Waals surface area (Å²) in [7, 11) is 1.72. The van der Waals surface area contributed by atoms with Gasteiger partial charge < -0.3 is 5.32 Å². The Morgan fingerprint density at radius 2 is 1.80 bits per heavy atom. The van der Waals surface area contributed by atoms with Crippen LogP contribution in [0.3, 0.4) is 0 Å². The van der Waals surface area contributed by atoms with Gasteiger partial charge in [0.05, 0.1) is 6.20 Å². The molecule has 0 aliphatic carbocycles. The third kappa shape index (κ3) is 4.13. The van der Waals surface area contributed by atoms with Gasteiger partial charge in [-0.3, -0.25) is 18.8 Å². The monoisotopic (exact) mass is 419 g/mol. The van der Waals surface area contributed by atoms with Gasteiger partial charge in [-0.1, -0.05) is 17.8 Å². The summed E-state index contributed by atoms with van der Waals surface area (Å²) in [4.78, 5) is 31.3. The number of benzene rings is 2. The first kappa shape index (κ1) is 19.9. The van der Waals surface area contributed by atoms with Gasteiger partial charge in [-0.05, 0) is 61.4 Å². The average molecular weight is 420 g/mol. The van der Waals surface area contributed by atoms with E-state index in [4.69, 9.17) is 0 Å². The largest absolute Gasteiger partial charge is 0.325 e. The van der Waals surface area contributed by atoms with E-state index in [-0.39, 0.29) is 18.0 Å². The SMILES string of the molecule is Cc1ccc(Sc2ccc(NC(=O)Cn3cnc4c(cnn4C)c3=O)cc2)cc1C. The molecular weight excluding hydrogens is 398 g/mol. The Morgan fingerprint density at radius 1 is 1.07 bits per heavy atom. The molecule has 0 atom stereocenters. The molecule has 1 N–H and O–H groups in total. The topological polar surface area (TPSA) is 81.8 Å². The minimum absolute atomic E-state index is 0.115. The van der Waals surface area contributed by atoms with Gasteiger partial charge in [0.1, 0.15) is 18.3 Å². The van der Waals surface area contributed by atoms with Crippen molar-refractivity contribution in [1.29, 1.82) is 0 Å². The third-order valence-electron chi connectivity index (χ3n) is 4.88. The van der Waals surface area contributed by atoms with E-state index in [1.165, 1.54) is 37.8 Å². The van der Waals surface area contributed by atoms with Crippen LogP contribution in [0.25, 0.3) is 11.0 Å². The van der Waals surface area contributed by atoms with Crippen LogP contribution in [-0.4, -0.2) is 25.2 Å². The predicted octanol–water partition coefficient (Wildman–Crippen LogP) is 3.54. The van der Waals surface area contributed by atoms with Crippen LogP contribution in [-0.2, 0) is 18.4 Å². The molecule has 0 fully saturated rings. The second kappa shape index (κ2) is 8.16. The molecule has 1 amide bonds. The number of aryl methyl sites for hydroxylation is 3. The summed E-state index contributed by atoms with van der Waals surface area (Å²) in [5.74, 6) is -0.295. The van der Waals surface area contributed by atoms with E-state index in [1.54, 1.807) is 18.8 Å². The molecule has 0 saturated carbocycles. The number of aromatic nitrogens is 4. The number of carbonyl (C=O) groups is 1. The van der Waals surface area contributed by atoms with Crippen molar-refractivity contribution in [1.82, 2.24) is 19.3 Å². The van der Waals surface area contributed by atoms with Crippen molar-refractivity contribution in [3.05, 3.63) is 76.5 Å². The maximum absolute atomic E-state index is 12.5. The zero-order valence-corrected chi connectivity index (χ0v) is 17.7. The molecule has 8 heteroatoms. The number of fused-ring (bicyclic) bond motifs is 1. The number of carbonyl (C=O) groups excluding carboxylic acids is 1. The molecule has 0 aliphatic heterocycles. The molecule has 4 rings (SSSR count). The Kier molecular flexibility index (Phi) is 5.41. The molecule has 0 radical (unpaired) electrons. The van der Waals surface area contributed by atoms with E-state index in [0.29, 0.717) is 16.7 Å².